The highest BCUT2D eigenvalue weighted by Gasteiger charge is 2.42. The van der Waals surface area contributed by atoms with Crippen LogP contribution in [0.4, 0.5) is 10.1 Å². The number of benzene rings is 1. The van der Waals surface area contributed by atoms with E-state index in [0.717, 1.165) is 0 Å². The fraction of sp³-hybridized carbons (Fsp3) is 0.188. The second kappa shape index (κ2) is 5.22. The summed E-state index contributed by atoms with van der Waals surface area (Å²) in [5.41, 5.74) is 1.55. The SMILES string of the molecule is COC(=O)c1ccc[n+](C2C(=O)N(C)c3ccc(F)cc32)c1. The van der Waals surface area contributed by atoms with Crippen LogP contribution in [-0.2, 0) is 9.53 Å². The average Bonchev–Trinajstić information content (AvgIpc) is 2.77. The summed E-state index contributed by atoms with van der Waals surface area (Å²) in [5.74, 6) is -1.09. The summed E-state index contributed by atoms with van der Waals surface area (Å²) in [6.45, 7) is 0. The van der Waals surface area contributed by atoms with E-state index in [1.165, 1.54) is 30.3 Å². The Balaban J connectivity index is 2.11. The Morgan fingerprint density at radius 2 is 2.14 bits per heavy atom. The number of methoxy groups -OCH3 is 1. The van der Waals surface area contributed by atoms with E-state index in [9.17, 15) is 14.0 Å². The molecule has 0 N–H and O–H groups in total. The van der Waals surface area contributed by atoms with Gasteiger partial charge in [0.2, 0.25) is 0 Å². The van der Waals surface area contributed by atoms with Crippen LogP contribution >= 0.6 is 0 Å². The molecule has 2 heterocycles. The summed E-state index contributed by atoms with van der Waals surface area (Å²) in [6, 6.07) is 6.79. The number of halogens is 1. The van der Waals surface area contributed by atoms with E-state index in [2.05, 4.69) is 4.74 Å². The fourth-order valence-electron chi connectivity index (χ4n) is 2.67. The summed E-state index contributed by atoms with van der Waals surface area (Å²) in [6.07, 6.45) is 3.20. The minimum Gasteiger partial charge on any atom is -0.465 e. The number of anilines is 1. The van der Waals surface area contributed by atoms with Gasteiger partial charge in [0, 0.05) is 13.1 Å². The molecule has 1 aromatic carbocycles. The van der Waals surface area contributed by atoms with Crippen LogP contribution in [0.15, 0.2) is 42.7 Å². The van der Waals surface area contributed by atoms with Crippen molar-refractivity contribution in [2.24, 2.45) is 0 Å². The van der Waals surface area contributed by atoms with E-state index < -0.39 is 17.8 Å². The lowest BCUT2D eigenvalue weighted by Gasteiger charge is -2.08. The lowest BCUT2D eigenvalue weighted by molar-refractivity contribution is -0.699. The number of hydrogen-bond donors (Lipinski definition) is 0. The lowest BCUT2D eigenvalue weighted by Crippen LogP contribution is -2.45. The number of carbonyl (C=O) groups excluding carboxylic acids is 2. The first-order valence-electron chi connectivity index (χ1n) is 6.69. The molecule has 1 aliphatic heterocycles. The summed E-state index contributed by atoms with van der Waals surface area (Å²) >= 11 is 0. The number of hydrogen-bond acceptors (Lipinski definition) is 3. The summed E-state index contributed by atoms with van der Waals surface area (Å²) in [7, 11) is 2.93. The van der Waals surface area contributed by atoms with Crippen LogP contribution in [0.25, 0.3) is 0 Å². The Kier molecular flexibility index (Phi) is 3.36. The molecule has 0 bridgehead atoms. The monoisotopic (exact) mass is 301 g/mol. The number of likely N-dealkylation sites (N-methyl/N-ethyl adjacent to an activating group) is 1. The average molecular weight is 301 g/mol. The molecule has 0 aliphatic carbocycles. The van der Waals surface area contributed by atoms with E-state index >= 15 is 0 Å². The molecule has 6 heteroatoms. The van der Waals surface area contributed by atoms with Crippen molar-refractivity contribution < 1.29 is 23.3 Å². The predicted octanol–water partition coefficient (Wildman–Crippen LogP) is 1.47. The van der Waals surface area contributed by atoms with Crippen molar-refractivity contribution in [1.29, 1.82) is 0 Å². The number of ether oxygens (including phenoxy) is 1. The molecule has 22 heavy (non-hydrogen) atoms. The Bertz CT molecular complexity index is 776. The van der Waals surface area contributed by atoms with Gasteiger partial charge in [-0.05, 0) is 24.3 Å². The van der Waals surface area contributed by atoms with Gasteiger partial charge in [0.25, 0.3) is 6.04 Å². The van der Waals surface area contributed by atoms with Crippen molar-refractivity contribution in [3.8, 4) is 0 Å². The molecular formula is C16H14FN2O3+. The topological polar surface area (TPSA) is 50.5 Å². The normalized spacial score (nSPS) is 16.6. The zero-order valence-corrected chi connectivity index (χ0v) is 12.1. The molecule has 1 atom stereocenters. The van der Waals surface area contributed by atoms with Gasteiger partial charge in [0.15, 0.2) is 12.4 Å². The molecule has 112 valence electrons. The summed E-state index contributed by atoms with van der Waals surface area (Å²) < 4.78 is 19.8. The number of aromatic nitrogens is 1. The Labute approximate surface area is 126 Å². The van der Waals surface area contributed by atoms with Crippen molar-refractivity contribution in [1.82, 2.24) is 0 Å². The molecule has 1 unspecified atom stereocenters. The van der Waals surface area contributed by atoms with Crippen LogP contribution in [-0.4, -0.2) is 26.0 Å². The van der Waals surface area contributed by atoms with Gasteiger partial charge in [0.1, 0.15) is 11.4 Å². The molecule has 2 aromatic rings. The van der Waals surface area contributed by atoms with Gasteiger partial charge in [-0.15, -0.1) is 0 Å². The molecule has 0 saturated carbocycles. The molecule has 1 amide bonds. The maximum atomic E-state index is 13.6. The number of amides is 1. The van der Waals surface area contributed by atoms with E-state index in [1.54, 1.807) is 36.0 Å². The van der Waals surface area contributed by atoms with E-state index in [0.29, 0.717) is 16.8 Å². The number of esters is 1. The van der Waals surface area contributed by atoms with Gasteiger partial charge in [-0.2, -0.15) is 4.57 Å². The maximum Gasteiger partial charge on any atom is 0.343 e. The molecule has 1 aromatic heterocycles. The van der Waals surface area contributed by atoms with E-state index in [-0.39, 0.29) is 5.91 Å². The second-order valence-electron chi connectivity index (χ2n) is 5.03. The Morgan fingerprint density at radius 1 is 1.36 bits per heavy atom. The van der Waals surface area contributed by atoms with Crippen LogP contribution in [0.2, 0.25) is 0 Å². The number of nitrogens with zero attached hydrogens (tertiary/aromatic N) is 2. The fourth-order valence-corrected chi connectivity index (χ4v) is 2.67. The molecule has 5 nitrogen and oxygen atoms in total. The van der Waals surface area contributed by atoms with E-state index in [1.807, 2.05) is 0 Å². The zero-order valence-electron chi connectivity index (χ0n) is 12.1. The lowest BCUT2D eigenvalue weighted by atomic mass is 10.1. The standard InChI is InChI=1S/C16H14FN2O3/c1-18-13-6-5-11(17)8-12(13)14(15(18)20)19-7-3-4-10(9-19)16(21)22-2/h3-9,14H,1-2H3/q+1. The van der Waals surface area contributed by atoms with Gasteiger partial charge in [-0.25, -0.2) is 9.18 Å². The van der Waals surface area contributed by atoms with Gasteiger partial charge in [-0.1, -0.05) is 0 Å². The number of carbonyl (C=O) groups is 2. The minimum absolute atomic E-state index is 0.187. The Morgan fingerprint density at radius 3 is 2.86 bits per heavy atom. The minimum atomic E-state index is -0.694. The molecule has 0 radical (unpaired) electrons. The highest BCUT2D eigenvalue weighted by atomic mass is 19.1. The second-order valence-corrected chi connectivity index (χ2v) is 5.03. The number of rotatable bonds is 2. The van der Waals surface area contributed by atoms with Crippen LogP contribution in [0, 0.1) is 5.82 Å². The van der Waals surface area contributed by atoms with Gasteiger partial charge < -0.3 is 9.64 Å². The number of fused-ring (bicyclic) bond motifs is 1. The summed E-state index contributed by atoms with van der Waals surface area (Å²) in [4.78, 5) is 25.6. The first kappa shape index (κ1) is 14.2. The molecule has 0 spiro atoms. The van der Waals surface area contributed by atoms with Crippen LogP contribution in [0.3, 0.4) is 0 Å². The van der Waals surface area contributed by atoms with Crippen molar-refractivity contribution in [3.63, 3.8) is 0 Å². The van der Waals surface area contributed by atoms with Gasteiger partial charge in [0.05, 0.1) is 18.4 Å². The van der Waals surface area contributed by atoms with Crippen molar-refractivity contribution >= 4 is 17.6 Å². The van der Waals surface area contributed by atoms with Crippen molar-refractivity contribution in [3.05, 3.63) is 59.7 Å². The predicted molar refractivity (Wildman–Crippen MR) is 75.9 cm³/mol. The van der Waals surface area contributed by atoms with Crippen LogP contribution < -0.4 is 9.47 Å². The van der Waals surface area contributed by atoms with Crippen molar-refractivity contribution in [2.45, 2.75) is 6.04 Å². The first-order chi connectivity index (χ1) is 10.5. The van der Waals surface area contributed by atoms with Gasteiger partial charge >= 0.3 is 11.9 Å². The quantitative estimate of drug-likeness (QED) is 0.623. The molecular weight excluding hydrogens is 287 g/mol. The van der Waals surface area contributed by atoms with Crippen molar-refractivity contribution in [2.75, 3.05) is 19.1 Å². The third-order valence-corrected chi connectivity index (χ3v) is 3.75. The van der Waals surface area contributed by atoms with E-state index in [4.69, 9.17) is 0 Å². The zero-order chi connectivity index (χ0) is 15.9. The van der Waals surface area contributed by atoms with Gasteiger partial charge in [-0.3, -0.25) is 4.79 Å². The number of pyridine rings is 1. The third-order valence-electron chi connectivity index (χ3n) is 3.75. The van der Waals surface area contributed by atoms with Crippen LogP contribution in [0.1, 0.15) is 22.0 Å². The highest BCUT2D eigenvalue weighted by Crippen LogP contribution is 2.34. The summed E-state index contributed by atoms with van der Waals surface area (Å²) in [5, 5.41) is 0. The third kappa shape index (κ3) is 2.13. The first-order valence-corrected chi connectivity index (χ1v) is 6.69. The highest BCUT2D eigenvalue weighted by molar-refractivity contribution is 6.03. The maximum absolute atomic E-state index is 13.6. The molecule has 1 aliphatic rings. The Hall–Kier alpha value is -2.76. The smallest absolute Gasteiger partial charge is 0.343 e. The molecule has 3 rings (SSSR count). The largest absolute Gasteiger partial charge is 0.465 e. The van der Waals surface area contributed by atoms with Crippen LogP contribution in [0.5, 0.6) is 0 Å². The molecule has 0 saturated heterocycles. The molecule has 0 fully saturated rings.